The van der Waals surface area contributed by atoms with E-state index in [1.807, 2.05) is 26.0 Å². The SMILES string of the molecule is CC(C)OC(=C(C(C)C)C(C)C)c1cccc(OP(=O)([O-])OCCC#N)c1.[Na+]. The van der Waals surface area contributed by atoms with Crippen LogP contribution >= 0.6 is 7.82 Å². The molecule has 1 unspecified atom stereocenters. The van der Waals surface area contributed by atoms with E-state index in [4.69, 9.17) is 14.5 Å². The summed E-state index contributed by atoms with van der Waals surface area (Å²) in [6.45, 7) is 12.1. The Morgan fingerprint density at radius 1 is 1.18 bits per heavy atom. The van der Waals surface area contributed by atoms with E-state index in [1.54, 1.807) is 18.2 Å². The molecule has 0 amide bonds. The molecule has 0 spiro atoms. The number of ether oxygens (including phenoxy) is 1. The van der Waals surface area contributed by atoms with Crippen molar-refractivity contribution < 1.29 is 52.8 Å². The Morgan fingerprint density at radius 2 is 1.79 bits per heavy atom. The van der Waals surface area contributed by atoms with Crippen LogP contribution in [0.1, 0.15) is 53.5 Å². The number of benzene rings is 1. The smallest absolute Gasteiger partial charge is 0.746 e. The van der Waals surface area contributed by atoms with Crippen molar-refractivity contribution in [3.8, 4) is 11.8 Å². The number of hydrogen-bond donors (Lipinski definition) is 0. The Balaban J connectivity index is 0.00000729. The number of rotatable bonds is 10. The fourth-order valence-corrected chi connectivity index (χ4v) is 3.52. The number of allylic oxidation sites excluding steroid dienone is 1. The fraction of sp³-hybridized carbons (Fsp3) is 0.550. The fourth-order valence-electron chi connectivity index (χ4n) is 2.78. The van der Waals surface area contributed by atoms with Gasteiger partial charge in [-0.25, -0.2) is 0 Å². The summed E-state index contributed by atoms with van der Waals surface area (Å²) in [5.74, 6) is 1.41. The molecule has 1 atom stereocenters. The molecule has 0 saturated carbocycles. The minimum atomic E-state index is -4.54. The van der Waals surface area contributed by atoms with Crippen LogP contribution in [0.5, 0.6) is 5.75 Å². The maximum atomic E-state index is 11.9. The second-order valence-electron chi connectivity index (χ2n) is 7.07. The first-order valence-corrected chi connectivity index (χ1v) is 10.6. The van der Waals surface area contributed by atoms with Crippen LogP contribution in [-0.2, 0) is 13.8 Å². The largest absolute Gasteiger partial charge is 1.00 e. The second-order valence-corrected chi connectivity index (χ2v) is 8.40. The third-order valence-corrected chi connectivity index (χ3v) is 4.57. The third-order valence-electron chi connectivity index (χ3n) is 3.64. The number of hydrogen-bond acceptors (Lipinski definition) is 6. The van der Waals surface area contributed by atoms with Crippen molar-refractivity contribution in [3.63, 3.8) is 0 Å². The summed E-state index contributed by atoms with van der Waals surface area (Å²) < 4.78 is 27.7. The second kappa shape index (κ2) is 12.7. The van der Waals surface area contributed by atoms with Crippen LogP contribution in [0.2, 0.25) is 0 Å². The first kappa shape index (κ1) is 27.2. The van der Waals surface area contributed by atoms with Crippen LogP contribution in [-0.4, -0.2) is 12.7 Å². The van der Waals surface area contributed by atoms with Gasteiger partial charge in [-0.2, -0.15) is 5.26 Å². The minimum absolute atomic E-state index is 0. The minimum Gasteiger partial charge on any atom is -0.746 e. The molecular formula is C20H29NNaO5P. The van der Waals surface area contributed by atoms with Crippen LogP contribution in [0.3, 0.4) is 0 Å². The standard InChI is InChI=1S/C20H30NO5P.Na/c1-14(2)19(15(3)4)20(25-16(5)6)17-9-7-10-18(13-17)26-27(22,23)24-12-8-11-21;/h7,9-10,13-16H,8,12H2,1-6H3,(H,22,23);/q;+1/p-1. The van der Waals surface area contributed by atoms with Gasteiger partial charge in [-0.05, 0) is 43.4 Å². The molecule has 0 aliphatic heterocycles. The van der Waals surface area contributed by atoms with Crippen LogP contribution < -0.4 is 39.0 Å². The van der Waals surface area contributed by atoms with Gasteiger partial charge in [-0.3, -0.25) is 4.57 Å². The molecule has 0 heterocycles. The molecular weight excluding hydrogens is 388 g/mol. The van der Waals surface area contributed by atoms with Gasteiger partial charge in [0.25, 0.3) is 0 Å². The molecule has 0 saturated heterocycles. The zero-order chi connectivity index (χ0) is 20.6. The molecule has 1 aromatic rings. The average Bonchev–Trinajstić information content (AvgIpc) is 2.53. The average molecular weight is 417 g/mol. The Morgan fingerprint density at radius 3 is 2.29 bits per heavy atom. The topological polar surface area (TPSA) is 91.6 Å². The Kier molecular flexibility index (Phi) is 12.3. The van der Waals surface area contributed by atoms with Gasteiger partial charge in [-0.15, -0.1) is 0 Å². The molecule has 0 N–H and O–H groups in total. The Bertz CT molecular complexity index is 730. The number of nitriles is 1. The van der Waals surface area contributed by atoms with Gasteiger partial charge >= 0.3 is 37.4 Å². The predicted molar refractivity (Wildman–Crippen MR) is 104 cm³/mol. The summed E-state index contributed by atoms with van der Waals surface area (Å²) in [7, 11) is -4.54. The number of nitrogens with zero attached hydrogens (tertiary/aromatic N) is 1. The molecule has 0 aliphatic rings. The predicted octanol–water partition coefficient (Wildman–Crippen LogP) is 1.92. The molecule has 0 radical (unpaired) electrons. The molecule has 0 aliphatic carbocycles. The zero-order valence-corrected chi connectivity index (χ0v) is 20.8. The summed E-state index contributed by atoms with van der Waals surface area (Å²) >= 11 is 0. The van der Waals surface area contributed by atoms with Gasteiger partial charge in [-0.1, -0.05) is 39.8 Å². The molecule has 6 nitrogen and oxygen atoms in total. The van der Waals surface area contributed by atoms with Crippen molar-refractivity contribution in [1.82, 2.24) is 0 Å². The first-order chi connectivity index (χ1) is 12.6. The monoisotopic (exact) mass is 417 g/mol. The first-order valence-electron chi connectivity index (χ1n) is 9.10. The van der Waals surface area contributed by atoms with E-state index in [1.165, 1.54) is 0 Å². The summed E-state index contributed by atoms with van der Waals surface area (Å²) in [6, 6.07) is 8.56. The molecule has 1 aromatic carbocycles. The van der Waals surface area contributed by atoms with E-state index in [0.29, 0.717) is 0 Å². The Hall–Kier alpha value is -0.800. The third kappa shape index (κ3) is 9.13. The summed E-state index contributed by atoms with van der Waals surface area (Å²) in [4.78, 5) is 11.9. The maximum Gasteiger partial charge on any atom is 1.00 e. The van der Waals surface area contributed by atoms with Crippen molar-refractivity contribution in [2.45, 2.75) is 54.1 Å². The van der Waals surface area contributed by atoms with E-state index in [0.717, 1.165) is 16.9 Å². The van der Waals surface area contributed by atoms with Crippen molar-refractivity contribution in [1.29, 1.82) is 5.26 Å². The van der Waals surface area contributed by atoms with Gasteiger partial charge in [0, 0.05) is 5.56 Å². The Labute approximate surface area is 190 Å². The van der Waals surface area contributed by atoms with Gasteiger partial charge in [0.15, 0.2) is 0 Å². The van der Waals surface area contributed by atoms with Crippen molar-refractivity contribution in [2.24, 2.45) is 11.8 Å². The molecule has 8 heteroatoms. The molecule has 150 valence electrons. The van der Waals surface area contributed by atoms with E-state index in [2.05, 4.69) is 32.2 Å². The number of phosphoric acid groups is 1. The van der Waals surface area contributed by atoms with Crippen LogP contribution in [0.25, 0.3) is 5.76 Å². The summed E-state index contributed by atoms with van der Waals surface area (Å²) in [5, 5.41) is 8.48. The molecule has 1 rings (SSSR count). The molecule has 0 aromatic heterocycles. The molecule has 0 fully saturated rings. The van der Waals surface area contributed by atoms with Crippen molar-refractivity contribution >= 4 is 13.6 Å². The quantitative estimate of drug-likeness (QED) is 0.250. The van der Waals surface area contributed by atoms with E-state index < -0.39 is 7.82 Å². The van der Waals surface area contributed by atoms with E-state index in [-0.39, 0.29) is 66.3 Å². The van der Waals surface area contributed by atoms with Gasteiger partial charge in [0.2, 0.25) is 0 Å². The van der Waals surface area contributed by atoms with Crippen LogP contribution in [0.15, 0.2) is 29.8 Å². The van der Waals surface area contributed by atoms with Crippen molar-refractivity contribution in [2.75, 3.05) is 6.61 Å². The normalized spacial score (nSPS) is 12.9. The van der Waals surface area contributed by atoms with Gasteiger partial charge < -0.3 is 18.7 Å². The summed E-state index contributed by atoms with van der Waals surface area (Å²) in [6.07, 6.45) is -0.0614. The zero-order valence-electron chi connectivity index (χ0n) is 17.9. The van der Waals surface area contributed by atoms with Crippen LogP contribution in [0, 0.1) is 23.2 Å². The van der Waals surface area contributed by atoms with Crippen LogP contribution in [0.4, 0.5) is 0 Å². The van der Waals surface area contributed by atoms with E-state index in [9.17, 15) is 9.46 Å². The van der Waals surface area contributed by atoms with Crippen molar-refractivity contribution in [3.05, 3.63) is 35.4 Å². The molecule has 28 heavy (non-hydrogen) atoms. The van der Waals surface area contributed by atoms with E-state index >= 15 is 0 Å². The number of phosphoric ester groups is 1. The maximum absolute atomic E-state index is 11.9. The summed E-state index contributed by atoms with van der Waals surface area (Å²) in [5.41, 5.74) is 1.90. The van der Waals surface area contributed by atoms with Gasteiger partial charge in [0.05, 0.1) is 25.2 Å². The molecule has 0 bridgehead atoms. The van der Waals surface area contributed by atoms with Gasteiger partial charge in [0.1, 0.15) is 11.5 Å².